The standard InChI is InChI=1S/C14H19N3O2/c1-10(18)11-3-5-13(6-4-11)17-8-12(7-15-2)16-14(19)9-17/h3-6,12,15H,7-9H2,1-2H3,(H,16,19). The van der Waals surface area contributed by atoms with Crippen LogP contribution in [0, 0.1) is 0 Å². The van der Waals surface area contributed by atoms with Crippen molar-refractivity contribution in [3.63, 3.8) is 0 Å². The summed E-state index contributed by atoms with van der Waals surface area (Å²) in [6.45, 7) is 3.42. The summed E-state index contributed by atoms with van der Waals surface area (Å²) >= 11 is 0. The highest BCUT2D eigenvalue weighted by Crippen LogP contribution is 2.17. The van der Waals surface area contributed by atoms with Gasteiger partial charge in [0.15, 0.2) is 5.78 Å². The lowest BCUT2D eigenvalue weighted by atomic mass is 10.1. The molecular weight excluding hydrogens is 242 g/mol. The molecule has 1 amide bonds. The molecule has 1 unspecified atom stereocenters. The van der Waals surface area contributed by atoms with Crippen LogP contribution < -0.4 is 15.5 Å². The minimum Gasteiger partial charge on any atom is -0.360 e. The zero-order valence-electron chi connectivity index (χ0n) is 11.3. The summed E-state index contributed by atoms with van der Waals surface area (Å²) in [5.74, 6) is 0.0816. The number of nitrogens with zero attached hydrogens (tertiary/aromatic N) is 1. The van der Waals surface area contributed by atoms with Crippen LogP contribution >= 0.6 is 0 Å². The molecule has 0 radical (unpaired) electrons. The minimum atomic E-state index is 0.0298. The van der Waals surface area contributed by atoms with E-state index < -0.39 is 0 Å². The Balaban J connectivity index is 2.11. The van der Waals surface area contributed by atoms with Gasteiger partial charge in [-0.05, 0) is 38.2 Å². The van der Waals surface area contributed by atoms with Gasteiger partial charge in [-0.25, -0.2) is 0 Å². The third-order valence-corrected chi connectivity index (χ3v) is 3.23. The lowest BCUT2D eigenvalue weighted by molar-refractivity contribution is -0.121. The number of benzene rings is 1. The number of amides is 1. The predicted octanol–water partition coefficient (Wildman–Crippen LogP) is 0.413. The first-order chi connectivity index (χ1) is 9.10. The number of carbonyl (C=O) groups is 2. The van der Waals surface area contributed by atoms with E-state index in [-0.39, 0.29) is 17.7 Å². The van der Waals surface area contributed by atoms with Gasteiger partial charge in [0.2, 0.25) is 5.91 Å². The lowest BCUT2D eigenvalue weighted by Gasteiger charge is -2.34. The van der Waals surface area contributed by atoms with Gasteiger partial charge in [-0.1, -0.05) is 0 Å². The molecule has 19 heavy (non-hydrogen) atoms. The van der Waals surface area contributed by atoms with E-state index in [1.165, 1.54) is 0 Å². The lowest BCUT2D eigenvalue weighted by Crippen LogP contribution is -2.57. The van der Waals surface area contributed by atoms with E-state index in [9.17, 15) is 9.59 Å². The third-order valence-electron chi connectivity index (χ3n) is 3.23. The van der Waals surface area contributed by atoms with Gasteiger partial charge in [-0.3, -0.25) is 9.59 Å². The van der Waals surface area contributed by atoms with Crippen molar-refractivity contribution < 1.29 is 9.59 Å². The highest BCUT2D eigenvalue weighted by molar-refractivity contribution is 5.94. The van der Waals surface area contributed by atoms with Crippen LogP contribution in [0.1, 0.15) is 17.3 Å². The Labute approximate surface area is 113 Å². The van der Waals surface area contributed by atoms with Crippen molar-refractivity contribution >= 4 is 17.4 Å². The molecule has 102 valence electrons. The zero-order chi connectivity index (χ0) is 13.8. The molecule has 1 fully saturated rings. The van der Waals surface area contributed by atoms with Crippen LogP contribution in [0.2, 0.25) is 0 Å². The summed E-state index contributed by atoms with van der Waals surface area (Å²) < 4.78 is 0. The summed E-state index contributed by atoms with van der Waals surface area (Å²) in [5.41, 5.74) is 1.66. The zero-order valence-corrected chi connectivity index (χ0v) is 11.3. The largest absolute Gasteiger partial charge is 0.360 e. The Kier molecular flexibility index (Phi) is 4.16. The molecule has 1 heterocycles. The van der Waals surface area contributed by atoms with E-state index >= 15 is 0 Å². The molecule has 1 aliphatic heterocycles. The molecule has 0 spiro atoms. The Morgan fingerprint density at radius 1 is 1.42 bits per heavy atom. The molecule has 1 saturated heterocycles. The summed E-state index contributed by atoms with van der Waals surface area (Å²) in [7, 11) is 1.87. The molecule has 1 aromatic carbocycles. The van der Waals surface area contributed by atoms with E-state index in [1.807, 2.05) is 24.1 Å². The fourth-order valence-corrected chi connectivity index (χ4v) is 2.29. The quantitative estimate of drug-likeness (QED) is 0.771. The number of carbonyl (C=O) groups excluding carboxylic acids is 2. The normalized spacial score (nSPS) is 19.2. The summed E-state index contributed by atoms with van der Waals surface area (Å²) in [4.78, 5) is 24.9. The topological polar surface area (TPSA) is 61.4 Å². The fourth-order valence-electron chi connectivity index (χ4n) is 2.29. The van der Waals surface area contributed by atoms with Crippen molar-refractivity contribution in [2.75, 3.05) is 31.6 Å². The fraction of sp³-hybridized carbons (Fsp3) is 0.429. The Bertz CT molecular complexity index is 470. The van der Waals surface area contributed by atoms with E-state index in [4.69, 9.17) is 0 Å². The first kappa shape index (κ1) is 13.5. The average Bonchev–Trinajstić information content (AvgIpc) is 2.38. The van der Waals surface area contributed by atoms with Crippen LogP contribution in [-0.4, -0.2) is 44.4 Å². The van der Waals surface area contributed by atoms with Crippen molar-refractivity contribution in [3.8, 4) is 0 Å². The van der Waals surface area contributed by atoms with Gasteiger partial charge in [-0.2, -0.15) is 0 Å². The van der Waals surface area contributed by atoms with Crippen molar-refractivity contribution in [1.29, 1.82) is 0 Å². The molecule has 5 nitrogen and oxygen atoms in total. The predicted molar refractivity (Wildman–Crippen MR) is 74.5 cm³/mol. The van der Waals surface area contributed by atoms with Gasteiger partial charge in [0.05, 0.1) is 12.6 Å². The molecule has 0 aliphatic carbocycles. The number of piperazine rings is 1. The van der Waals surface area contributed by atoms with E-state index in [1.54, 1.807) is 19.1 Å². The molecule has 0 bridgehead atoms. The van der Waals surface area contributed by atoms with Crippen LogP contribution in [0.15, 0.2) is 24.3 Å². The van der Waals surface area contributed by atoms with Crippen molar-refractivity contribution in [1.82, 2.24) is 10.6 Å². The monoisotopic (exact) mass is 261 g/mol. The second kappa shape index (κ2) is 5.84. The van der Waals surface area contributed by atoms with E-state index in [2.05, 4.69) is 10.6 Å². The van der Waals surface area contributed by atoms with Crippen molar-refractivity contribution in [2.24, 2.45) is 0 Å². The van der Waals surface area contributed by atoms with Gasteiger partial charge in [0.1, 0.15) is 0 Å². The first-order valence-electron chi connectivity index (χ1n) is 6.40. The number of hydrogen-bond acceptors (Lipinski definition) is 4. The first-order valence-corrected chi connectivity index (χ1v) is 6.40. The number of ketones is 1. The molecule has 2 N–H and O–H groups in total. The Hall–Kier alpha value is -1.88. The smallest absolute Gasteiger partial charge is 0.239 e. The average molecular weight is 261 g/mol. The van der Waals surface area contributed by atoms with Gasteiger partial charge >= 0.3 is 0 Å². The second-order valence-corrected chi connectivity index (χ2v) is 4.81. The Morgan fingerprint density at radius 2 is 2.11 bits per heavy atom. The van der Waals surface area contributed by atoms with Crippen LogP contribution in [-0.2, 0) is 4.79 Å². The van der Waals surface area contributed by atoms with Crippen molar-refractivity contribution in [3.05, 3.63) is 29.8 Å². The van der Waals surface area contributed by atoms with Gasteiger partial charge < -0.3 is 15.5 Å². The van der Waals surface area contributed by atoms with E-state index in [0.717, 1.165) is 18.8 Å². The number of hydrogen-bond donors (Lipinski definition) is 2. The number of Topliss-reactive ketones (excluding diaryl/α,β-unsaturated/α-hetero) is 1. The van der Waals surface area contributed by atoms with Crippen LogP contribution in [0.5, 0.6) is 0 Å². The molecule has 1 aromatic rings. The maximum atomic E-state index is 11.7. The maximum Gasteiger partial charge on any atom is 0.239 e. The number of rotatable bonds is 4. The van der Waals surface area contributed by atoms with Gasteiger partial charge in [-0.15, -0.1) is 0 Å². The highest BCUT2D eigenvalue weighted by atomic mass is 16.2. The summed E-state index contributed by atoms with van der Waals surface area (Å²) in [6, 6.07) is 7.50. The van der Waals surface area contributed by atoms with Crippen LogP contribution in [0.3, 0.4) is 0 Å². The highest BCUT2D eigenvalue weighted by Gasteiger charge is 2.24. The molecule has 5 heteroatoms. The van der Waals surface area contributed by atoms with Crippen molar-refractivity contribution in [2.45, 2.75) is 13.0 Å². The SMILES string of the molecule is CNCC1CN(c2ccc(C(C)=O)cc2)CC(=O)N1. The van der Waals surface area contributed by atoms with E-state index in [0.29, 0.717) is 12.1 Å². The maximum absolute atomic E-state index is 11.7. The molecule has 1 atom stereocenters. The molecule has 2 rings (SSSR count). The summed E-state index contributed by atoms with van der Waals surface area (Å²) in [6.07, 6.45) is 0. The third kappa shape index (κ3) is 3.32. The second-order valence-electron chi connectivity index (χ2n) is 4.81. The molecule has 0 aromatic heterocycles. The van der Waals surface area contributed by atoms with Crippen LogP contribution in [0.25, 0.3) is 0 Å². The Morgan fingerprint density at radius 3 is 2.68 bits per heavy atom. The van der Waals surface area contributed by atoms with Gasteiger partial charge in [0.25, 0.3) is 0 Å². The molecule has 0 saturated carbocycles. The van der Waals surface area contributed by atoms with Crippen LogP contribution in [0.4, 0.5) is 5.69 Å². The summed E-state index contributed by atoms with van der Waals surface area (Å²) in [5, 5.41) is 6.02. The number of likely N-dealkylation sites (N-methyl/N-ethyl adjacent to an activating group) is 1. The minimum absolute atomic E-state index is 0.0298. The molecule has 1 aliphatic rings. The van der Waals surface area contributed by atoms with Gasteiger partial charge in [0, 0.05) is 24.3 Å². The molecular formula is C14H19N3O2. The number of anilines is 1. The number of nitrogens with one attached hydrogen (secondary N) is 2.